The summed E-state index contributed by atoms with van der Waals surface area (Å²) in [5, 5.41) is 28.9. The Bertz CT molecular complexity index is 843. The molecule has 0 aliphatic rings. The highest BCUT2D eigenvalue weighted by Gasteiger charge is 2.28. The third-order valence-electron chi connectivity index (χ3n) is 2.65. The molecular formula is C14H9F5N2O6. The van der Waals surface area contributed by atoms with E-state index in [1.165, 1.54) is 0 Å². The lowest BCUT2D eigenvalue weighted by atomic mass is 10.3. The summed E-state index contributed by atoms with van der Waals surface area (Å²) in [4.78, 5) is 18.4. The number of alkyl halides is 3. The molecule has 0 radical (unpaired) electrons. The zero-order valence-electron chi connectivity index (χ0n) is 12.9. The van der Waals surface area contributed by atoms with Crippen molar-refractivity contribution in [1.29, 1.82) is 0 Å². The zero-order valence-corrected chi connectivity index (χ0v) is 12.9. The van der Waals surface area contributed by atoms with E-state index in [-0.39, 0.29) is 5.75 Å². The van der Waals surface area contributed by atoms with Crippen molar-refractivity contribution < 1.29 is 41.6 Å². The summed E-state index contributed by atoms with van der Waals surface area (Å²) in [6, 6.07) is 4.82. The number of phenolic OH excluding ortho intramolecular Hbond substituents is 1. The Kier molecular flexibility index (Phi) is 6.96. The van der Waals surface area contributed by atoms with Crippen LogP contribution in [0.15, 0.2) is 36.4 Å². The second kappa shape index (κ2) is 8.73. The Morgan fingerprint density at radius 1 is 0.926 bits per heavy atom. The van der Waals surface area contributed by atoms with Gasteiger partial charge in [-0.3, -0.25) is 20.2 Å². The molecule has 0 amide bonds. The van der Waals surface area contributed by atoms with Gasteiger partial charge in [0.05, 0.1) is 9.85 Å². The van der Waals surface area contributed by atoms with Crippen LogP contribution in [0.4, 0.5) is 33.3 Å². The van der Waals surface area contributed by atoms with Gasteiger partial charge in [-0.05, 0) is 12.1 Å². The van der Waals surface area contributed by atoms with Gasteiger partial charge in [0.2, 0.25) is 11.6 Å². The highest BCUT2D eigenvalue weighted by atomic mass is 19.4. The molecule has 2 aromatic rings. The molecule has 1 N–H and O–H groups in total. The number of nitro groups is 2. The molecule has 146 valence electrons. The SMILES string of the molecule is O=[N+]([O-])c1ccc(O)cc1F.O=[N+]([O-])c1ccc(OCC(F)(F)F)cc1F. The summed E-state index contributed by atoms with van der Waals surface area (Å²) < 4.78 is 64.8. The fraction of sp³-hybridized carbons (Fsp3) is 0.143. The number of halogens is 5. The predicted molar refractivity (Wildman–Crippen MR) is 79.3 cm³/mol. The Hall–Kier alpha value is -3.51. The van der Waals surface area contributed by atoms with Crippen LogP contribution in [0.1, 0.15) is 0 Å². The molecule has 0 saturated carbocycles. The van der Waals surface area contributed by atoms with Gasteiger partial charge in [0.15, 0.2) is 6.61 Å². The van der Waals surface area contributed by atoms with Crippen LogP contribution in [0.25, 0.3) is 0 Å². The summed E-state index contributed by atoms with van der Waals surface area (Å²) >= 11 is 0. The van der Waals surface area contributed by atoms with E-state index >= 15 is 0 Å². The lowest BCUT2D eigenvalue weighted by Crippen LogP contribution is -2.19. The maximum Gasteiger partial charge on any atom is 0.422 e. The van der Waals surface area contributed by atoms with Crippen LogP contribution in [-0.2, 0) is 0 Å². The fourth-order valence-electron chi connectivity index (χ4n) is 1.53. The van der Waals surface area contributed by atoms with Gasteiger partial charge in [-0.2, -0.15) is 22.0 Å². The molecule has 0 aliphatic carbocycles. The summed E-state index contributed by atoms with van der Waals surface area (Å²) in [7, 11) is 0. The topological polar surface area (TPSA) is 116 Å². The van der Waals surface area contributed by atoms with Crippen molar-refractivity contribution in [2.45, 2.75) is 6.18 Å². The first-order chi connectivity index (χ1) is 12.4. The van der Waals surface area contributed by atoms with Crippen LogP contribution < -0.4 is 4.74 Å². The summed E-state index contributed by atoms with van der Waals surface area (Å²) in [5.74, 6) is -3.02. The van der Waals surface area contributed by atoms with Gasteiger partial charge in [0, 0.05) is 24.3 Å². The van der Waals surface area contributed by atoms with Gasteiger partial charge in [-0.15, -0.1) is 0 Å². The lowest BCUT2D eigenvalue weighted by Gasteiger charge is -2.08. The number of phenols is 1. The summed E-state index contributed by atoms with van der Waals surface area (Å²) in [6.07, 6.45) is -4.54. The van der Waals surface area contributed by atoms with Gasteiger partial charge in [-0.1, -0.05) is 0 Å². The molecule has 0 spiro atoms. The average molecular weight is 396 g/mol. The third kappa shape index (κ3) is 7.09. The van der Waals surface area contributed by atoms with Gasteiger partial charge >= 0.3 is 17.6 Å². The van der Waals surface area contributed by atoms with E-state index in [0.717, 1.165) is 24.3 Å². The van der Waals surface area contributed by atoms with Gasteiger partial charge in [-0.25, -0.2) is 0 Å². The molecule has 13 heteroatoms. The molecule has 0 saturated heterocycles. The lowest BCUT2D eigenvalue weighted by molar-refractivity contribution is -0.387. The van der Waals surface area contributed by atoms with E-state index in [4.69, 9.17) is 5.11 Å². The number of hydrogen-bond acceptors (Lipinski definition) is 6. The summed E-state index contributed by atoms with van der Waals surface area (Å²) in [6.45, 7) is -1.58. The number of rotatable bonds is 4. The quantitative estimate of drug-likeness (QED) is 0.472. The number of aromatic hydroxyl groups is 1. The van der Waals surface area contributed by atoms with Crippen molar-refractivity contribution in [3.63, 3.8) is 0 Å². The van der Waals surface area contributed by atoms with E-state index in [0.29, 0.717) is 12.1 Å². The molecule has 8 nitrogen and oxygen atoms in total. The monoisotopic (exact) mass is 396 g/mol. The maximum atomic E-state index is 12.9. The smallest absolute Gasteiger partial charge is 0.422 e. The Morgan fingerprint density at radius 2 is 1.41 bits per heavy atom. The molecule has 2 rings (SSSR count). The van der Waals surface area contributed by atoms with E-state index in [1.54, 1.807) is 0 Å². The van der Waals surface area contributed by atoms with Crippen molar-refractivity contribution in [1.82, 2.24) is 0 Å². The molecule has 0 atom stereocenters. The number of ether oxygens (including phenoxy) is 1. The number of nitro benzene ring substituents is 2. The van der Waals surface area contributed by atoms with Gasteiger partial charge in [0.1, 0.15) is 11.5 Å². The van der Waals surface area contributed by atoms with E-state index < -0.39 is 51.4 Å². The molecule has 0 unspecified atom stereocenters. The Morgan fingerprint density at radius 3 is 1.81 bits per heavy atom. The van der Waals surface area contributed by atoms with Crippen LogP contribution in [0.3, 0.4) is 0 Å². The van der Waals surface area contributed by atoms with E-state index in [2.05, 4.69) is 4.74 Å². The first-order valence-corrected chi connectivity index (χ1v) is 6.67. The molecule has 0 bridgehead atoms. The van der Waals surface area contributed by atoms with Crippen molar-refractivity contribution >= 4 is 11.4 Å². The zero-order chi connectivity index (χ0) is 20.8. The molecule has 2 aromatic carbocycles. The maximum absolute atomic E-state index is 12.9. The highest BCUT2D eigenvalue weighted by molar-refractivity contribution is 5.38. The normalized spacial score (nSPS) is 10.6. The number of benzene rings is 2. The van der Waals surface area contributed by atoms with Crippen LogP contribution in [-0.4, -0.2) is 27.7 Å². The Balaban J connectivity index is 0.000000289. The second-order valence-electron chi connectivity index (χ2n) is 4.67. The standard InChI is InChI=1S/C8H5F4NO3.C6H4FNO3/c9-6-3-5(16-4-8(10,11)12)1-2-7(6)13(14)15;7-5-3-4(9)1-2-6(5)8(10)11/h1-3H,4H2;1-3,9H. The van der Waals surface area contributed by atoms with Crippen molar-refractivity contribution in [3.8, 4) is 11.5 Å². The van der Waals surface area contributed by atoms with Gasteiger partial charge in [0.25, 0.3) is 0 Å². The minimum atomic E-state index is -4.54. The fourth-order valence-corrected chi connectivity index (χ4v) is 1.53. The first-order valence-electron chi connectivity index (χ1n) is 6.67. The van der Waals surface area contributed by atoms with Crippen LogP contribution >= 0.6 is 0 Å². The minimum absolute atomic E-state index is 0.326. The molecule has 0 fully saturated rings. The van der Waals surface area contributed by atoms with E-state index in [1.807, 2.05) is 0 Å². The van der Waals surface area contributed by atoms with Crippen LogP contribution in [0, 0.1) is 31.9 Å². The molecular weight excluding hydrogens is 387 g/mol. The van der Waals surface area contributed by atoms with Crippen LogP contribution in [0.5, 0.6) is 11.5 Å². The van der Waals surface area contributed by atoms with Crippen molar-refractivity contribution in [2.75, 3.05) is 6.61 Å². The van der Waals surface area contributed by atoms with Crippen LogP contribution in [0.2, 0.25) is 0 Å². The number of nitrogens with zero attached hydrogens (tertiary/aromatic N) is 2. The predicted octanol–water partition coefficient (Wildman–Crippen LogP) is 4.11. The van der Waals surface area contributed by atoms with E-state index in [9.17, 15) is 42.2 Å². The number of hydrogen-bond donors (Lipinski definition) is 1. The highest BCUT2D eigenvalue weighted by Crippen LogP contribution is 2.24. The van der Waals surface area contributed by atoms with Crippen molar-refractivity contribution in [2.24, 2.45) is 0 Å². The second-order valence-corrected chi connectivity index (χ2v) is 4.67. The molecule has 27 heavy (non-hydrogen) atoms. The average Bonchev–Trinajstić information content (AvgIpc) is 2.52. The molecule has 0 aliphatic heterocycles. The molecule has 0 heterocycles. The first kappa shape index (κ1) is 21.5. The Labute approximate surface area is 146 Å². The minimum Gasteiger partial charge on any atom is -0.508 e. The van der Waals surface area contributed by atoms with Gasteiger partial charge < -0.3 is 9.84 Å². The summed E-state index contributed by atoms with van der Waals surface area (Å²) in [5.41, 5.74) is -1.46. The molecule has 0 aromatic heterocycles. The van der Waals surface area contributed by atoms with Crippen molar-refractivity contribution in [3.05, 3.63) is 68.3 Å². The largest absolute Gasteiger partial charge is 0.508 e. The third-order valence-corrected chi connectivity index (χ3v) is 2.65.